The van der Waals surface area contributed by atoms with Crippen LogP contribution >= 0.6 is 11.6 Å². The van der Waals surface area contributed by atoms with Crippen LogP contribution in [-0.4, -0.2) is 17.9 Å². The third-order valence-electron chi connectivity index (χ3n) is 2.69. The van der Waals surface area contributed by atoms with Crippen LogP contribution in [0.15, 0.2) is 36.5 Å². The highest BCUT2D eigenvalue weighted by atomic mass is 35.5. The van der Waals surface area contributed by atoms with Gasteiger partial charge in [0, 0.05) is 23.3 Å². The van der Waals surface area contributed by atoms with Crippen LogP contribution in [-0.2, 0) is 6.54 Å². The van der Waals surface area contributed by atoms with Gasteiger partial charge >= 0.3 is 0 Å². The molecule has 0 bridgehead atoms. The second-order valence-corrected chi connectivity index (χ2v) is 4.35. The normalized spacial score (nSPS) is 10.3. The lowest BCUT2D eigenvalue weighted by molar-refractivity contribution is 0.103. The maximum atomic E-state index is 12.4. The van der Waals surface area contributed by atoms with Gasteiger partial charge in [-0.1, -0.05) is 11.6 Å². The number of rotatable bonds is 4. The molecule has 0 spiro atoms. The Balaban J connectivity index is 2.46. The number of halogens is 1. The molecule has 0 atom stereocenters. The van der Waals surface area contributed by atoms with Crippen molar-refractivity contribution in [3.8, 4) is 5.75 Å². The zero-order valence-corrected chi connectivity index (χ0v) is 11.1. The summed E-state index contributed by atoms with van der Waals surface area (Å²) in [5.41, 5.74) is 7.11. The molecule has 0 aliphatic carbocycles. The third kappa shape index (κ3) is 2.92. The fourth-order valence-electron chi connectivity index (χ4n) is 1.74. The van der Waals surface area contributed by atoms with Gasteiger partial charge in [0.05, 0.1) is 18.4 Å². The van der Waals surface area contributed by atoms with Crippen LogP contribution in [0.2, 0.25) is 5.02 Å². The summed E-state index contributed by atoms with van der Waals surface area (Å²) < 4.78 is 5.18. The maximum absolute atomic E-state index is 12.4. The molecule has 2 aromatic rings. The van der Waals surface area contributed by atoms with E-state index in [0.717, 1.165) is 0 Å². The number of carbonyl (C=O) groups is 1. The van der Waals surface area contributed by atoms with E-state index in [-0.39, 0.29) is 12.3 Å². The second kappa shape index (κ2) is 5.82. The molecule has 0 aliphatic rings. The van der Waals surface area contributed by atoms with E-state index < -0.39 is 0 Å². The molecule has 2 N–H and O–H groups in total. The zero-order chi connectivity index (χ0) is 13.8. The van der Waals surface area contributed by atoms with Crippen molar-refractivity contribution in [1.29, 1.82) is 0 Å². The Morgan fingerprint density at radius 2 is 2.16 bits per heavy atom. The molecule has 0 amide bonds. The molecule has 2 rings (SSSR count). The summed E-state index contributed by atoms with van der Waals surface area (Å²) >= 11 is 5.92. The number of pyridine rings is 1. The largest absolute Gasteiger partial charge is 0.496 e. The SMILES string of the molecule is COc1ccc(Cl)cc1C(=O)c1ccnc(CN)c1. The van der Waals surface area contributed by atoms with Crippen LogP contribution < -0.4 is 10.5 Å². The summed E-state index contributed by atoms with van der Waals surface area (Å²) in [4.78, 5) is 16.5. The van der Waals surface area contributed by atoms with Gasteiger partial charge in [-0.15, -0.1) is 0 Å². The van der Waals surface area contributed by atoms with Gasteiger partial charge in [-0.3, -0.25) is 9.78 Å². The highest BCUT2D eigenvalue weighted by Gasteiger charge is 2.15. The lowest BCUT2D eigenvalue weighted by Crippen LogP contribution is -2.07. The summed E-state index contributed by atoms with van der Waals surface area (Å²) in [5.74, 6) is 0.317. The fraction of sp³-hybridized carbons (Fsp3) is 0.143. The quantitative estimate of drug-likeness (QED) is 0.871. The Hall–Kier alpha value is -1.91. The van der Waals surface area contributed by atoms with Gasteiger partial charge in [-0.2, -0.15) is 0 Å². The smallest absolute Gasteiger partial charge is 0.196 e. The highest BCUT2D eigenvalue weighted by Crippen LogP contribution is 2.25. The van der Waals surface area contributed by atoms with E-state index >= 15 is 0 Å². The first kappa shape index (κ1) is 13.5. The number of ether oxygens (including phenoxy) is 1. The number of nitrogens with zero attached hydrogens (tertiary/aromatic N) is 1. The van der Waals surface area contributed by atoms with Gasteiger partial charge < -0.3 is 10.5 Å². The number of hydrogen-bond acceptors (Lipinski definition) is 4. The molecule has 4 nitrogen and oxygen atoms in total. The summed E-state index contributed by atoms with van der Waals surface area (Å²) in [7, 11) is 1.51. The molecule has 1 heterocycles. The first-order chi connectivity index (χ1) is 9.15. The Labute approximate surface area is 116 Å². The molecule has 98 valence electrons. The third-order valence-corrected chi connectivity index (χ3v) is 2.93. The molecule has 0 saturated carbocycles. The molecule has 0 unspecified atom stereocenters. The highest BCUT2D eigenvalue weighted by molar-refractivity contribution is 6.31. The van der Waals surface area contributed by atoms with Crippen molar-refractivity contribution in [3.05, 3.63) is 58.4 Å². The number of methoxy groups -OCH3 is 1. The molecular weight excluding hydrogens is 264 g/mol. The van der Waals surface area contributed by atoms with E-state index in [9.17, 15) is 4.79 Å². The van der Waals surface area contributed by atoms with E-state index in [2.05, 4.69) is 4.98 Å². The number of carbonyl (C=O) groups excluding carboxylic acids is 1. The number of hydrogen-bond donors (Lipinski definition) is 1. The average Bonchev–Trinajstić information content (AvgIpc) is 2.46. The van der Waals surface area contributed by atoms with Crippen molar-refractivity contribution in [2.24, 2.45) is 5.73 Å². The number of ketones is 1. The standard InChI is InChI=1S/C14H13ClN2O2/c1-19-13-3-2-10(15)7-12(13)14(18)9-4-5-17-11(6-9)8-16/h2-7H,8,16H2,1H3. The lowest BCUT2D eigenvalue weighted by Gasteiger charge is -2.08. The lowest BCUT2D eigenvalue weighted by atomic mass is 10.0. The zero-order valence-electron chi connectivity index (χ0n) is 10.4. The van der Waals surface area contributed by atoms with Gasteiger partial charge in [-0.05, 0) is 30.3 Å². The minimum atomic E-state index is -0.170. The van der Waals surface area contributed by atoms with Crippen LogP contribution in [0.25, 0.3) is 0 Å². The van der Waals surface area contributed by atoms with Crippen molar-refractivity contribution >= 4 is 17.4 Å². The second-order valence-electron chi connectivity index (χ2n) is 3.91. The van der Waals surface area contributed by atoms with E-state index in [1.807, 2.05) is 0 Å². The molecule has 1 aromatic heterocycles. The van der Waals surface area contributed by atoms with Gasteiger partial charge in [0.25, 0.3) is 0 Å². The van der Waals surface area contributed by atoms with E-state index in [1.165, 1.54) is 7.11 Å². The Bertz CT molecular complexity index is 614. The van der Waals surface area contributed by atoms with Crippen LogP contribution in [0.3, 0.4) is 0 Å². The average molecular weight is 277 g/mol. The van der Waals surface area contributed by atoms with Gasteiger partial charge in [0.1, 0.15) is 5.75 Å². The maximum Gasteiger partial charge on any atom is 0.196 e. The summed E-state index contributed by atoms with van der Waals surface area (Å²) in [6.45, 7) is 0.286. The van der Waals surface area contributed by atoms with Crippen LogP contribution in [0, 0.1) is 0 Å². The van der Waals surface area contributed by atoms with Crippen molar-refractivity contribution in [2.75, 3.05) is 7.11 Å². The van der Waals surface area contributed by atoms with E-state index in [1.54, 1.807) is 36.5 Å². The molecule has 0 saturated heterocycles. The molecule has 1 aromatic carbocycles. The summed E-state index contributed by atoms with van der Waals surface area (Å²) in [5, 5.41) is 0.484. The minimum Gasteiger partial charge on any atom is -0.496 e. The summed E-state index contributed by atoms with van der Waals surface area (Å²) in [6.07, 6.45) is 1.56. The monoisotopic (exact) mass is 276 g/mol. The van der Waals surface area contributed by atoms with E-state index in [0.29, 0.717) is 27.6 Å². The number of benzene rings is 1. The Kier molecular flexibility index (Phi) is 4.14. The van der Waals surface area contributed by atoms with Crippen molar-refractivity contribution in [1.82, 2.24) is 4.98 Å². The number of nitrogens with two attached hydrogens (primary N) is 1. The molecular formula is C14H13ClN2O2. The van der Waals surface area contributed by atoms with Crippen LogP contribution in [0.4, 0.5) is 0 Å². The minimum absolute atomic E-state index is 0.170. The Morgan fingerprint density at radius 1 is 1.37 bits per heavy atom. The summed E-state index contributed by atoms with van der Waals surface area (Å²) in [6, 6.07) is 8.24. The molecule has 0 radical (unpaired) electrons. The topological polar surface area (TPSA) is 65.2 Å². The predicted octanol–water partition coefficient (Wildman–Crippen LogP) is 2.43. The first-order valence-electron chi connectivity index (χ1n) is 5.69. The fourth-order valence-corrected chi connectivity index (χ4v) is 1.92. The first-order valence-corrected chi connectivity index (χ1v) is 6.06. The van der Waals surface area contributed by atoms with Gasteiger partial charge in [0.2, 0.25) is 0 Å². The van der Waals surface area contributed by atoms with Gasteiger partial charge in [-0.25, -0.2) is 0 Å². The molecule has 0 fully saturated rings. The molecule has 19 heavy (non-hydrogen) atoms. The van der Waals surface area contributed by atoms with Crippen LogP contribution in [0.5, 0.6) is 5.75 Å². The van der Waals surface area contributed by atoms with Crippen LogP contribution in [0.1, 0.15) is 21.6 Å². The Morgan fingerprint density at radius 3 is 2.84 bits per heavy atom. The van der Waals surface area contributed by atoms with Crippen molar-refractivity contribution < 1.29 is 9.53 Å². The van der Waals surface area contributed by atoms with E-state index in [4.69, 9.17) is 22.1 Å². The van der Waals surface area contributed by atoms with Gasteiger partial charge in [0.15, 0.2) is 5.78 Å². The van der Waals surface area contributed by atoms with Crippen molar-refractivity contribution in [2.45, 2.75) is 6.54 Å². The molecule has 5 heteroatoms. The predicted molar refractivity (Wildman–Crippen MR) is 73.6 cm³/mol. The number of aromatic nitrogens is 1. The molecule has 0 aliphatic heterocycles. The van der Waals surface area contributed by atoms with Crippen molar-refractivity contribution in [3.63, 3.8) is 0 Å².